The summed E-state index contributed by atoms with van der Waals surface area (Å²) in [7, 11) is 0. The highest BCUT2D eigenvalue weighted by Crippen LogP contribution is 2.29. The highest BCUT2D eigenvalue weighted by molar-refractivity contribution is 5.68. The minimum Gasteiger partial charge on any atom is -0.422 e. The second-order valence-corrected chi connectivity index (χ2v) is 5.63. The summed E-state index contributed by atoms with van der Waals surface area (Å²) < 4.78 is 6.86. The van der Waals surface area contributed by atoms with Crippen molar-refractivity contribution in [1.29, 1.82) is 0 Å². The molecule has 2 aliphatic heterocycles. The van der Waals surface area contributed by atoms with Crippen LogP contribution in [0.4, 0.5) is 4.79 Å². The zero-order chi connectivity index (χ0) is 14.1. The van der Waals surface area contributed by atoms with Gasteiger partial charge in [0.05, 0.1) is 12.2 Å². The van der Waals surface area contributed by atoms with E-state index in [-0.39, 0.29) is 6.04 Å². The van der Waals surface area contributed by atoms with Gasteiger partial charge < -0.3 is 14.7 Å². The van der Waals surface area contributed by atoms with Crippen molar-refractivity contribution >= 4 is 6.09 Å². The molecule has 0 radical (unpaired) electrons. The first kappa shape index (κ1) is 13.4. The summed E-state index contributed by atoms with van der Waals surface area (Å²) in [4.78, 5) is 13.6. The molecule has 0 saturated carbocycles. The fourth-order valence-electron chi connectivity index (χ4n) is 3.23. The van der Waals surface area contributed by atoms with Gasteiger partial charge in [-0.25, -0.2) is 4.79 Å². The molecule has 110 valence electrons. The topological polar surface area (TPSA) is 67.6 Å². The van der Waals surface area contributed by atoms with Crippen molar-refractivity contribution in [2.75, 3.05) is 6.79 Å². The van der Waals surface area contributed by atoms with Crippen LogP contribution in [0.1, 0.15) is 43.1 Å². The number of amides is 1. The molecule has 0 aromatic carbocycles. The largest absolute Gasteiger partial charge is 0.422 e. The fourth-order valence-corrected chi connectivity index (χ4v) is 3.23. The number of hydrogen-bond acceptors (Lipinski definition) is 4. The van der Waals surface area contributed by atoms with Gasteiger partial charge >= 0.3 is 6.09 Å². The molecule has 2 aliphatic rings. The van der Waals surface area contributed by atoms with Crippen LogP contribution in [0.2, 0.25) is 0 Å². The Morgan fingerprint density at radius 1 is 1.45 bits per heavy atom. The number of aromatic nitrogens is 2. The number of carbonyl (C=O) groups is 1. The van der Waals surface area contributed by atoms with E-state index in [1.165, 1.54) is 30.5 Å². The fraction of sp³-hybridized carbons (Fsp3) is 0.714. The van der Waals surface area contributed by atoms with Crippen molar-refractivity contribution in [2.45, 2.75) is 58.2 Å². The molecule has 20 heavy (non-hydrogen) atoms. The summed E-state index contributed by atoms with van der Waals surface area (Å²) in [5, 5.41) is 13.5. The quantitative estimate of drug-likeness (QED) is 0.790. The molecule has 1 unspecified atom stereocenters. The van der Waals surface area contributed by atoms with E-state index in [1.54, 1.807) is 4.90 Å². The molecular weight excluding hydrogens is 258 g/mol. The summed E-state index contributed by atoms with van der Waals surface area (Å²) in [5.74, 6) is 0. The smallest absolute Gasteiger partial charge is 0.412 e. The van der Waals surface area contributed by atoms with E-state index in [4.69, 9.17) is 14.9 Å². The number of hydrogen-bond donors (Lipinski definition) is 1. The van der Waals surface area contributed by atoms with E-state index in [1.807, 2.05) is 6.92 Å². The van der Waals surface area contributed by atoms with E-state index in [0.29, 0.717) is 6.54 Å². The molecule has 1 aromatic rings. The van der Waals surface area contributed by atoms with Gasteiger partial charge in [0.25, 0.3) is 0 Å². The van der Waals surface area contributed by atoms with E-state index >= 15 is 0 Å². The van der Waals surface area contributed by atoms with Gasteiger partial charge in [0.1, 0.15) is 0 Å². The number of aliphatic hydroxyl groups is 1. The molecular formula is C14H21N3O3. The van der Waals surface area contributed by atoms with Gasteiger partial charge in [-0.05, 0) is 26.2 Å². The molecule has 0 fully saturated rings. The van der Waals surface area contributed by atoms with Crippen molar-refractivity contribution in [2.24, 2.45) is 0 Å². The standard InChI is InChI=1S/C14H21N3O3/c1-10-7-12-11(8-16(10)14(19)20-9-18)13-5-3-2-4-6-17(13)15-12/h10,18H,2-9H2,1H3. The van der Waals surface area contributed by atoms with Crippen molar-refractivity contribution in [3.05, 3.63) is 17.0 Å². The maximum atomic E-state index is 11.9. The van der Waals surface area contributed by atoms with E-state index < -0.39 is 12.9 Å². The normalized spacial score (nSPS) is 21.9. The van der Waals surface area contributed by atoms with Crippen LogP contribution < -0.4 is 0 Å². The summed E-state index contributed by atoms with van der Waals surface area (Å²) in [6.07, 6.45) is 4.97. The third-order valence-electron chi connectivity index (χ3n) is 4.30. The first-order chi connectivity index (χ1) is 9.70. The Morgan fingerprint density at radius 2 is 2.30 bits per heavy atom. The third-order valence-corrected chi connectivity index (χ3v) is 4.30. The Bertz CT molecular complexity index is 512. The molecule has 1 aromatic heterocycles. The number of carbonyl (C=O) groups excluding carboxylic acids is 1. The summed E-state index contributed by atoms with van der Waals surface area (Å²) in [6, 6.07) is 0.0562. The van der Waals surface area contributed by atoms with E-state index in [0.717, 1.165) is 25.1 Å². The molecule has 0 saturated heterocycles. The van der Waals surface area contributed by atoms with Gasteiger partial charge in [-0.1, -0.05) is 6.42 Å². The van der Waals surface area contributed by atoms with Gasteiger partial charge in [0, 0.05) is 30.3 Å². The number of aliphatic hydroxyl groups excluding tert-OH is 1. The second-order valence-electron chi connectivity index (χ2n) is 5.63. The summed E-state index contributed by atoms with van der Waals surface area (Å²) >= 11 is 0. The van der Waals surface area contributed by atoms with E-state index in [9.17, 15) is 4.79 Å². The lowest BCUT2D eigenvalue weighted by Crippen LogP contribution is -2.43. The van der Waals surface area contributed by atoms with Crippen molar-refractivity contribution in [3.63, 3.8) is 0 Å². The first-order valence-corrected chi connectivity index (χ1v) is 7.32. The molecule has 6 heteroatoms. The van der Waals surface area contributed by atoms with Gasteiger partial charge in [0.2, 0.25) is 0 Å². The molecule has 3 heterocycles. The van der Waals surface area contributed by atoms with Crippen LogP contribution in [0.15, 0.2) is 0 Å². The molecule has 0 spiro atoms. The zero-order valence-electron chi connectivity index (χ0n) is 11.8. The van der Waals surface area contributed by atoms with Crippen LogP contribution in [0.3, 0.4) is 0 Å². The number of rotatable bonds is 1. The highest BCUT2D eigenvalue weighted by Gasteiger charge is 2.32. The Hall–Kier alpha value is -1.56. The lowest BCUT2D eigenvalue weighted by atomic mass is 9.98. The van der Waals surface area contributed by atoms with Crippen LogP contribution in [0, 0.1) is 0 Å². The Labute approximate surface area is 118 Å². The summed E-state index contributed by atoms with van der Waals surface area (Å²) in [5.41, 5.74) is 3.61. The van der Waals surface area contributed by atoms with Gasteiger partial charge in [0.15, 0.2) is 6.79 Å². The Morgan fingerprint density at radius 3 is 3.10 bits per heavy atom. The van der Waals surface area contributed by atoms with Crippen LogP contribution >= 0.6 is 0 Å². The first-order valence-electron chi connectivity index (χ1n) is 7.32. The predicted octanol–water partition coefficient (Wildman–Crippen LogP) is 1.44. The van der Waals surface area contributed by atoms with Gasteiger partial charge in [-0.3, -0.25) is 4.68 Å². The number of nitrogens with zero attached hydrogens (tertiary/aromatic N) is 3. The average Bonchev–Trinajstić information content (AvgIpc) is 2.59. The molecule has 3 rings (SSSR count). The average molecular weight is 279 g/mol. The molecule has 1 amide bonds. The Balaban J connectivity index is 1.88. The Kier molecular flexibility index (Phi) is 3.65. The number of aryl methyl sites for hydroxylation is 1. The van der Waals surface area contributed by atoms with Crippen molar-refractivity contribution in [3.8, 4) is 0 Å². The van der Waals surface area contributed by atoms with E-state index in [2.05, 4.69) is 4.68 Å². The molecule has 1 atom stereocenters. The molecule has 0 bridgehead atoms. The minimum absolute atomic E-state index is 0.0562. The van der Waals surface area contributed by atoms with Crippen LogP contribution in [-0.2, 0) is 30.7 Å². The monoisotopic (exact) mass is 279 g/mol. The van der Waals surface area contributed by atoms with Crippen LogP contribution in [-0.4, -0.2) is 38.7 Å². The summed E-state index contributed by atoms with van der Waals surface area (Å²) in [6.45, 7) is 2.95. The third kappa shape index (κ3) is 2.28. The van der Waals surface area contributed by atoms with Crippen molar-refractivity contribution in [1.82, 2.24) is 14.7 Å². The molecule has 0 aliphatic carbocycles. The minimum atomic E-state index is -0.568. The maximum absolute atomic E-state index is 11.9. The highest BCUT2D eigenvalue weighted by atomic mass is 16.6. The number of ether oxygens (including phenoxy) is 1. The lowest BCUT2D eigenvalue weighted by Gasteiger charge is -2.32. The van der Waals surface area contributed by atoms with Crippen LogP contribution in [0.5, 0.6) is 0 Å². The molecule has 1 N–H and O–H groups in total. The number of fused-ring (bicyclic) bond motifs is 3. The second kappa shape index (κ2) is 5.44. The lowest BCUT2D eigenvalue weighted by molar-refractivity contribution is 0.0126. The van der Waals surface area contributed by atoms with Crippen LogP contribution in [0.25, 0.3) is 0 Å². The van der Waals surface area contributed by atoms with Crippen molar-refractivity contribution < 1.29 is 14.6 Å². The van der Waals surface area contributed by atoms with Gasteiger partial charge in [-0.15, -0.1) is 0 Å². The predicted molar refractivity (Wildman–Crippen MR) is 72.1 cm³/mol. The van der Waals surface area contributed by atoms with Gasteiger partial charge in [-0.2, -0.15) is 5.10 Å². The molecule has 6 nitrogen and oxygen atoms in total. The SMILES string of the molecule is CC1Cc2nn3c(c2CN1C(=O)OCO)CCCCC3. The maximum Gasteiger partial charge on any atom is 0.412 e. The zero-order valence-corrected chi connectivity index (χ0v) is 11.8.